The average molecular weight is 304 g/mol. The minimum absolute atomic E-state index is 0.0423. The van der Waals surface area contributed by atoms with Crippen molar-refractivity contribution in [2.24, 2.45) is 5.84 Å². The third-order valence-electron chi connectivity index (χ3n) is 3.69. The maximum absolute atomic E-state index is 12.8. The fraction of sp³-hybridized carbons (Fsp3) is 0.667. The first-order valence-electron chi connectivity index (χ1n) is 6.73. The largest absolute Gasteiger partial charge is 0.451 e. The van der Waals surface area contributed by atoms with Gasteiger partial charge in [-0.2, -0.15) is 13.2 Å². The number of hydrazine groups is 1. The highest BCUT2D eigenvalue weighted by atomic mass is 19.4. The van der Waals surface area contributed by atoms with Crippen LogP contribution in [0.4, 0.5) is 24.8 Å². The lowest BCUT2D eigenvalue weighted by Crippen LogP contribution is -2.51. The summed E-state index contributed by atoms with van der Waals surface area (Å²) >= 11 is 0. The van der Waals surface area contributed by atoms with E-state index in [0.29, 0.717) is 13.1 Å². The van der Waals surface area contributed by atoms with Crippen LogP contribution in [0.3, 0.4) is 0 Å². The molecule has 1 atom stereocenters. The molecule has 118 valence electrons. The number of alkyl halides is 3. The van der Waals surface area contributed by atoms with Crippen LogP contribution in [0, 0.1) is 0 Å². The van der Waals surface area contributed by atoms with E-state index >= 15 is 0 Å². The Hall–Kier alpha value is -1.61. The van der Waals surface area contributed by atoms with Gasteiger partial charge in [0.1, 0.15) is 11.6 Å². The van der Waals surface area contributed by atoms with E-state index in [1.807, 2.05) is 11.9 Å². The molecule has 1 aliphatic rings. The lowest BCUT2D eigenvalue weighted by atomic mass is 10.1. The van der Waals surface area contributed by atoms with Crippen molar-refractivity contribution >= 4 is 11.6 Å². The summed E-state index contributed by atoms with van der Waals surface area (Å²) in [4.78, 5) is 11.0. The van der Waals surface area contributed by atoms with Crippen molar-refractivity contribution < 1.29 is 13.2 Å². The Morgan fingerprint density at radius 3 is 2.67 bits per heavy atom. The second kappa shape index (κ2) is 6.02. The normalized spacial score (nSPS) is 20.7. The molecular formula is C12H19F3N6. The molecule has 1 aliphatic heterocycles. The topological polar surface area (TPSA) is 70.3 Å². The van der Waals surface area contributed by atoms with E-state index in [1.165, 1.54) is 6.07 Å². The summed E-state index contributed by atoms with van der Waals surface area (Å²) in [6.07, 6.45) is -3.68. The van der Waals surface area contributed by atoms with Gasteiger partial charge in [-0.25, -0.2) is 15.8 Å². The number of nitrogens with one attached hydrogen (secondary N) is 1. The molecule has 2 rings (SSSR count). The van der Waals surface area contributed by atoms with Gasteiger partial charge in [-0.3, -0.25) is 4.90 Å². The number of nitrogens with two attached hydrogens (primary N) is 1. The highest BCUT2D eigenvalue weighted by molar-refractivity contribution is 5.49. The highest BCUT2D eigenvalue weighted by Crippen LogP contribution is 2.29. The Morgan fingerprint density at radius 2 is 2.10 bits per heavy atom. The van der Waals surface area contributed by atoms with E-state index in [4.69, 9.17) is 5.84 Å². The van der Waals surface area contributed by atoms with Crippen molar-refractivity contribution in [3.63, 3.8) is 0 Å². The Kier molecular flexibility index (Phi) is 4.52. The van der Waals surface area contributed by atoms with E-state index in [0.717, 1.165) is 13.0 Å². The van der Waals surface area contributed by atoms with Crippen LogP contribution >= 0.6 is 0 Å². The van der Waals surface area contributed by atoms with Gasteiger partial charge in [-0.15, -0.1) is 0 Å². The van der Waals surface area contributed by atoms with Crippen molar-refractivity contribution in [3.8, 4) is 0 Å². The lowest BCUT2D eigenvalue weighted by Gasteiger charge is -2.39. The summed E-state index contributed by atoms with van der Waals surface area (Å²) < 4.78 is 38.5. The first-order chi connectivity index (χ1) is 9.85. The molecule has 1 unspecified atom stereocenters. The molecule has 1 aromatic heterocycles. The average Bonchev–Trinajstić information content (AvgIpc) is 2.46. The van der Waals surface area contributed by atoms with Gasteiger partial charge in [0.25, 0.3) is 0 Å². The number of rotatable bonds is 3. The number of likely N-dealkylation sites (N-methyl/N-ethyl adjacent to an activating group) is 1. The van der Waals surface area contributed by atoms with Gasteiger partial charge in [0.05, 0.1) is 0 Å². The zero-order valence-electron chi connectivity index (χ0n) is 12.0. The van der Waals surface area contributed by atoms with E-state index in [-0.39, 0.29) is 17.7 Å². The van der Waals surface area contributed by atoms with Crippen molar-refractivity contribution in [1.82, 2.24) is 14.9 Å². The maximum atomic E-state index is 12.8. The molecule has 3 N–H and O–H groups in total. The van der Waals surface area contributed by atoms with Crippen molar-refractivity contribution in [2.45, 2.75) is 25.6 Å². The van der Waals surface area contributed by atoms with E-state index in [9.17, 15) is 13.2 Å². The summed E-state index contributed by atoms with van der Waals surface area (Å²) in [5.41, 5.74) is 2.16. The molecule has 0 aromatic carbocycles. The number of hydrogen-bond acceptors (Lipinski definition) is 6. The quantitative estimate of drug-likeness (QED) is 0.648. The Labute approximate surface area is 121 Å². The number of piperazine rings is 1. The molecule has 21 heavy (non-hydrogen) atoms. The zero-order valence-corrected chi connectivity index (χ0v) is 12.0. The van der Waals surface area contributed by atoms with Crippen molar-refractivity contribution in [3.05, 3.63) is 11.9 Å². The van der Waals surface area contributed by atoms with Crippen LogP contribution in [0.15, 0.2) is 6.07 Å². The van der Waals surface area contributed by atoms with E-state index in [2.05, 4.69) is 27.2 Å². The van der Waals surface area contributed by atoms with Crippen LogP contribution in [0.5, 0.6) is 0 Å². The predicted octanol–water partition coefficient (Wildman–Crippen LogP) is 1.31. The molecule has 0 aliphatic carbocycles. The molecule has 9 heteroatoms. The Balaban J connectivity index is 2.30. The number of anilines is 2. The number of hydrogen-bond donors (Lipinski definition) is 2. The lowest BCUT2D eigenvalue weighted by molar-refractivity contribution is -0.144. The molecule has 0 bridgehead atoms. The van der Waals surface area contributed by atoms with Gasteiger partial charge in [0.15, 0.2) is 0 Å². The first-order valence-corrected chi connectivity index (χ1v) is 6.73. The summed E-state index contributed by atoms with van der Waals surface area (Å²) in [5.74, 6) is 4.23. The molecule has 0 amide bonds. The molecule has 1 fully saturated rings. The molecule has 0 saturated carbocycles. The fourth-order valence-electron chi connectivity index (χ4n) is 2.39. The van der Waals surface area contributed by atoms with Crippen LogP contribution in [0.2, 0.25) is 0 Å². The number of aromatic nitrogens is 2. The summed E-state index contributed by atoms with van der Waals surface area (Å²) in [6, 6.07) is 1.73. The van der Waals surface area contributed by atoms with E-state index < -0.39 is 12.0 Å². The van der Waals surface area contributed by atoms with Crippen LogP contribution in [-0.4, -0.2) is 47.6 Å². The second-order valence-corrected chi connectivity index (χ2v) is 5.07. The maximum Gasteiger partial charge on any atom is 0.451 e. The second-order valence-electron chi connectivity index (χ2n) is 5.07. The zero-order chi connectivity index (χ0) is 15.6. The van der Waals surface area contributed by atoms with Crippen molar-refractivity contribution in [2.75, 3.05) is 37.0 Å². The molecule has 0 radical (unpaired) electrons. The predicted molar refractivity (Wildman–Crippen MR) is 73.8 cm³/mol. The van der Waals surface area contributed by atoms with Crippen LogP contribution in [0.25, 0.3) is 0 Å². The van der Waals surface area contributed by atoms with Gasteiger partial charge in [0.2, 0.25) is 5.82 Å². The Bertz CT molecular complexity index is 492. The number of nitrogen functional groups attached to an aromatic ring is 1. The van der Waals surface area contributed by atoms with Crippen LogP contribution < -0.4 is 16.2 Å². The molecule has 2 heterocycles. The molecule has 6 nitrogen and oxygen atoms in total. The van der Waals surface area contributed by atoms with Crippen LogP contribution in [0.1, 0.15) is 19.2 Å². The minimum atomic E-state index is -4.60. The smallest absolute Gasteiger partial charge is 0.354 e. The fourth-order valence-corrected chi connectivity index (χ4v) is 2.39. The molecule has 1 aromatic rings. The minimum Gasteiger partial charge on any atom is -0.354 e. The van der Waals surface area contributed by atoms with Gasteiger partial charge in [-0.1, -0.05) is 6.92 Å². The highest BCUT2D eigenvalue weighted by Gasteiger charge is 2.36. The van der Waals surface area contributed by atoms with Gasteiger partial charge >= 0.3 is 6.18 Å². The third-order valence-corrected chi connectivity index (χ3v) is 3.69. The number of halogens is 3. The van der Waals surface area contributed by atoms with E-state index in [1.54, 1.807) is 0 Å². The molecule has 1 saturated heterocycles. The number of nitrogens with zero attached hydrogens (tertiary/aromatic N) is 4. The summed E-state index contributed by atoms with van der Waals surface area (Å²) in [5, 5.41) is 0. The van der Waals surface area contributed by atoms with Crippen LogP contribution in [-0.2, 0) is 6.18 Å². The Morgan fingerprint density at radius 1 is 1.38 bits per heavy atom. The van der Waals surface area contributed by atoms with Gasteiger partial charge in [-0.05, 0) is 13.5 Å². The van der Waals surface area contributed by atoms with Gasteiger partial charge in [0, 0.05) is 31.7 Å². The third kappa shape index (κ3) is 3.53. The monoisotopic (exact) mass is 304 g/mol. The van der Waals surface area contributed by atoms with Crippen molar-refractivity contribution in [1.29, 1.82) is 0 Å². The summed E-state index contributed by atoms with van der Waals surface area (Å²) in [7, 11) is 2.01. The molecular weight excluding hydrogens is 285 g/mol. The van der Waals surface area contributed by atoms with Gasteiger partial charge < -0.3 is 10.3 Å². The standard InChI is InChI=1S/C12H19F3N6/c1-3-8-7-21(5-4-20(8)2)10-6-9(19-16)17-11(18-10)12(13,14)15/h6,8H,3-5,7,16H2,1-2H3,(H,17,18,19). The SMILES string of the molecule is CCC1CN(c2cc(NN)nc(C(F)(F)F)n2)CCN1C. The molecule has 0 spiro atoms. The first kappa shape index (κ1) is 15.8. The summed E-state index contributed by atoms with van der Waals surface area (Å²) in [6.45, 7) is 4.07.